The predicted octanol–water partition coefficient (Wildman–Crippen LogP) is 25.1. The van der Waals surface area contributed by atoms with Gasteiger partial charge in [0, 0.05) is 140 Å². The van der Waals surface area contributed by atoms with Crippen molar-refractivity contribution >= 4 is 123 Å². The number of aromatic nitrogens is 5. The second kappa shape index (κ2) is 48.3. The Balaban J connectivity index is 0.000000133. The van der Waals surface area contributed by atoms with Crippen LogP contribution in [0.15, 0.2) is 293 Å². The van der Waals surface area contributed by atoms with Crippen molar-refractivity contribution in [1.29, 1.82) is 0 Å². The number of hydrogen-bond donors (Lipinski definition) is 2. The van der Waals surface area contributed by atoms with E-state index in [-0.39, 0.29) is 88.3 Å². The molecule has 744 valence electrons. The Morgan fingerprint density at radius 2 is 0.831 bits per heavy atom. The van der Waals surface area contributed by atoms with Crippen molar-refractivity contribution in [3.8, 4) is 0 Å². The molecule has 24 nitrogen and oxygen atoms in total. The van der Waals surface area contributed by atoms with Crippen molar-refractivity contribution in [3.05, 3.63) is 347 Å². The van der Waals surface area contributed by atoms with Crippen LogP contribution in [0.1, 0.15) is 220 Å². The SMILES string of the molecule is CC(C)N1C(=O)CCc2ccccc21.CC(C)N1C(=O)NCc2ccccc21.CC(C)N1CCCc2ccccc21.CC(C)N1CCc2ccccc2C1.CC(C)N1Cc2ccccc2CC1=O.CC(C)N1Cc2ccccc2NC1=O.CC(C)n1c(=O)oc2c3ccccc3ccc21.CC(C)n1c(=O)oc2ccc3ccccc3c21.CC(C)n1c(=O)oc2cccnc21.CC(C)n1c(=O)sc2ccccc21. The lowest BCUT2D eigenvalue weighted by molar-refractivity contribution is -0.133. The molecule has 6 aliphatic heterocycles. The van der Waals surface area contributed by atoms with E-state index in [1.807, 2.05) is 284 Å². The summed E-state index contributed by atoms with van der Waals surface area (Å²) in [6, 6.07) is 87.8. The highest BCUT2D eigenvalue weighted by molar-refractivity contribution is 7.16. The number of nitrogens with zero attached hydrogens (tertiary/aromatic N) is 11. The van der Waals surface area contributed by atoms with E-state index in [2.05, 4.69) is 141 Å². The lowest BCUT2D eigenvalue weighted by Gasteiger charge is -2.34. The van der Waals surface area contributed by atoms with E-state index in [0.717, 1.165) is 79.4 Å². The van der Waals surface area contributed by atoms with Crippen LogP contribution in [0.4, 0.5) is 32.3 Å². The third kappa shape index (κ3) is 25.2. The van der Waals surface area contributed by atoms with Crippen LogP contribution in [0.5, 0.6) is 0 Å². The van der Waals surface area contributed by atoms with Gasteiger partial charge in [0.1, 0.15) is 0 Å². The van der Waals surface area contributed by atoms with Gasteiger partial charge < -0.3 is 43.5 Å². The standard InChI is InChI=1S/2C14H13NO2.2C12H15NO.2C12H17N.2C11H14N2O.C10H11NOS.C9H10N2O2/c1-9(2)15-13-11-6-4-3-5-10(11)7-8-12(13)17-14(15)16;1-9(2)15-12-8-7-10-5-3-4-6-11(10)13(12)17-14(15)16;1-9(2)13-8-11-6-4-3-5-10(11)7-12(13)14;1-9(2)13-11-6-4-3-5-10(11)7-8-12(13)14;1-10(2)13-9-5-7-11-6-3-4-8-12(11)13;1-10(2)13-8-7-11-5-3-4-6-12(11)9-13;1-8(2)13-7-9-5-3-4-6-10(9)12-11(13)14;1-8(2)13-10-6-4-3-5-9(10)7-12-11(13)14;1-7(2)11-8-5-3-4-6-9(8)13-10(11)12;1-6(2)11-8-7(13-9(11)12)4-3-5-10-8/h2*3-9H,1-2H3;2*3-6,9H,7-8H2,1-2H3;3-4,6,8,10H,5,7,9H2,1-2H3;3-6,10H,7-9H2,1-2H3;2*3-6,8H,7H2,1-2H3,(H,12,14);3-7H,1-2H3;3-6H,1-2H3. The number of urea groups is 2. The summed E-state index contributed by atoms with van der Waals surface area (Å²) in [6.45, 7) is 46.9. The maximum atomic E-state index is 11.8. The molecule has 0 bridgehead atoms. The Morgan fingerprint density at radius 1 is 0.331 bits per heavy atom. The van der Waals surface area contributed by atoms with Gasteiger partial charge in [-0.2, -0.15) is 0 Å². The number of pyridine rings is 1. The van der Waals surface area contributed by atoms with Crippen molar-refractivity contribution in [2.24, 2.45) is 0 Å². The van der Waals surface area contributed by atoms with E-state index >= 15 is 0 Å². The molecule has 0 saturated carbocycles. The average Bonchev–Trinajstić information content (AvgIpc) is 1.61. The number of carbonyl (C=O) groups is 4. The van der Waals surface area contributed by atoms with Crippen LogP contribution < -0.4 is 47.5 Å². The summed E-state index contributed by atoms with van der Waals surface area (Å²) in [5.74, 6) is -0.418. The van der Waals surface area contributed by atoms with E-state index in [1.165, 1.54) is 92.9 Å². The third-order valence-corrected chi connectivity index (χ3v) is 26.8. The molecule has 11 aromatic carbocycles. The largest absolute Gasteiger partial charge is 0.421 e. The highest BCUT2D eigenvalue weighted by Gasteiger charge is 2.30. The van der Waals surface area contributed by atoms with Crippen molar-refractivity contribution in [1.82, 2.24) is 43.3 Å². The van der Waals surface area contributed by atoms with Gasteiger partial charge in [-0.25, -0.2) is 29.0 Å². The van der Waals surface area contributed by atoms with E-state index in [1.54, 1.807) is 37.9 Å². The van der Waals surface area contributed by atoms with Crippen molar-refractivity contribution in [2.45, 2.75) is 264 Å². The number of rotatable bonds is 10. The number of amides is 6. The summed E-state index contributed by atoms with van der Waals surface area (Å²) >= 11 is 1.31. The number of para-hydroxylation sites is 5. The predicted molar refractivity (Wildman–Crippen MR) is 580 cm³/mol. The zero-order chi connectivity index (χ0) is 102. The first-order chi connectivity index (χ1) is 68.1. The number of benzene rings is 11. The lowest BCUT2D eigenvalue weighted by Crippen LogP contribution is -2.47. The molecule has 0 saturated heterocycles. The quantitative estimate of drug-likeness (QED) is 0.129. The van der Waals surface area contributed by atoms with Crippen LogP contribution in [0, 0.1) is 0 Å². The maximum absolute atomic E-state index is 11.8. The summed E-state index contributed by atoms with van der Waals surface area (Å²) in [6.07, 6.45) is 7.51. The first-order valence-corrected chi connectivity index (χ1v) is 50.7. The van der Waals surface area contributed by atoms with Gasteiger partial charge in [-0.1, -0.05) is 205 Å². The fourth-order valence-corrected chi connectivity index (χ4v) is 19.7. The Kier molecular flexibility index (Phi) is 35.8. The first-order valence-electron chi connectivity index (χ1n) is 49.9. The molecule has 142 heavy (non-hydrogen) atoms. The van der Waals surface area contributed by atoms with Gasteiger partial charge in [-0.3, -0.25) is 42.5 Å². The summed E-state index contributed by atoms with van der Waals surface area (Å²) in [5.41, 5.74) is 20.5. The minimum Gasteiger partial charge on any atom is -0.408 e. The summed E-state index contributed by atoms with van der Waals surface area (Å²) < 4.78 is 23.5. The molecule has 11 heterocycles. The topological polar surface area (TPSA) is 252 Å². The highest BCUT2D eigenvalue weighted by Crippen LogP contribution is 2.35. The molecule has 0 radical (unpaired) electrons. The van der Waals surface area contributed by atoms with Gasteiger partial charge >= 0.3 is 34.2 Å². The van der Waals surface area contributed by atoms with Gasteiger partial charge in [0.2, 0.25) is 11.8 Å². The molecule has 0 unspecified atom stereocenters. The molecular weight excluding hydrogens is 1800 g/mol. The average molecular weight is 1940 g/mol. The number of anilines is 4. The summed E-state index contributed by atoms with van der Waals surface area (Å²) in [4.78, 5) is 110. The van der Waals surface area contributed by atoms with Gasteiger partial charge in [-0.05, 0) is 280 Å². The number of thiazole rings is 1. The molecule has 6 amide bonds. The molecule has 0 fully saturated rings. The van der Waals surface area contributed by atoms with E-state index in [4.69, 9.17) is 13.3 Å². The number of carbonyl (C=O) groups excluding carboxylic acids is 4. The van der Waals surface area contributed by atoms with Gasteiger partial charge in [0.05, 0.1) is 33.4 Å². The zero-order valence-electron chi connectivity index (χ0n) is 85.9. The molecule has 0 spiro atoms. The Morgan fingerprint density at radius 3 is 1.46 bits per heavy atom. The Bertz CT molecular complexity index is 7040. The summed E-state index contributed by atoms with van der Waals surface area (Å²) in [7, 11) is 0. The molecule has 0 aliphatic carbocycles. The third-order valence-electron chi connectivity index (χ3n) is 25.9. The highest BCUT2D eigenvalue weighted by atomic mass is 32.1. The molecular formula is C117H139N13O11S. The molecule has 6 aliphatic rings. The number of nitrogens with one attached hydrogen (secondary N) is 2. The van der Waals surface area contributed by atoms with Crippen LogP contribution in [-0.2, 0) is 61.5 Å². The zero-order valence-corrected chi connectivity index (χ0v) is 86.7. The fourth-order valence-electron chi connectivity index (χ4n) is 18.7. The molecule has 0 atom stereocenters. The second-order valence-electron chi connectivity index (χ2n) is 39.1. The smallest absolute Gasteiger partial charge is 0.408 e. The Labute approximate surface area is 837 Å². The van der Waals surface area contributed by atoms with Crippen LogP contribution >= 0.6 is 11.3 Å². The van der Waals surface area contributed by atoms with Crippen LogP contribution in [0.2, 0.25) is 0 Å². The number of hydrogen-bond acceptors (Lipinski definition) is 15. The molecule has 2 N–H and O–H groups in total. The molecule has 16 aromatic rings. The van der Waals surface area contributed by atoms with Crippen LogP contribution in [0.25, 0.3) is 65.2 Å². The first kappa shape index (κ1) is 105. The summed E-state index contributed by atoms with van der Waals surface area (Å²) in [5, 5.41) is 9.99. The minimum atomic E-state index is -0.344. The second-order valence-corrected chi connectivity index (χ2v) is 40.1. The maximum Gasteiger partial charge on any atom is 0.421 e. The number of fused-ring (bicyclic) bond motifs is 14. The van der Waals surface area contributed by atoms with Gasteiger partial charge in [0.15, 0.2) is 22.4 Å². The molecule has 5 aromatic heterocycles. The Hall–Kier alpha value is -14.2. The van der Waals surface area contributed by atoms with E-state index in [0.29, 0.717) is 66.5 Å². The lowest BCUT2D eigenvalue weighted by atomic mass is 9.98. The van der Waals surface area contributed by atoms with Gasteiger partial charge in [0.25, 0.3) is 0 Å². The van der Waals surface area contributed by atoms with Gasteiger partial charge in [-0.15, -0.1) is 0 Å². The molecule has 25 heteroatoms. The van der Waals surface area contributed by atoms with Crippen molar-refractivity contribution in [2.75, 3.05) is 33.1 Å². The molecule has 22 rings (SSSR count). The van der Waals surface area contributed by atoms with Crippen LogP contribution in [-0.4, -0.2) is 111 Å². The van der Waals surface area contributed by atoms with E-state index < -0.39 is 0 Å². The fraction of sp³-hybridized carbons (Fsp3) is 0.359. The normalized spacial score (nSPS) is 14.1. The van der Waals surface area contributed by atoms with Crippen molar-refractivity contribution in [3.63, 3.8) is 0 Å². The van der Waals surface area contributed by atoms with Crippen molar-refractivity contribution < 1.29 is 32.4 Å². The van der Waals surface area contributed by atoms with E-state index in [9.17, 15) is 38.4 Å². The number of aryl methyl sites for hydroxylation is 2. The monoisotopic (exact) mass is 1930 g/mol. The minimum absolute atomic E-state index is 0.00120. The number of oxazole rings is 3. The van der Waals surface area contributed by atoms with Crippen LogP contribution in [0.3, 0.4) is 0 Å².